The van der Waals surface area contributed by atoms with Crippen molar-refractivity contribution in [1.29, 1.82) is 0 Å². The molecule has 0 radical (unpaired) electrons. The topological polar surface area (TPSA) is 21.3 Å². The normalized spacial score (nSPS) is 20.6. The van der Waals surface area contributed by atoms with Crippen LogP contribution in [0.25, 0.3) is 0 Å². The fraction of sp³-hybridized carbons (Fsp3) is 0.455. The van der Waals surface area contributed by atoms with Crippen molar-refractivity contribution in [3.63, 3.8) is 0 Å². The van der Waals surface area contributed by atoms with Gasteiger partial charge in [0.25, 0.3) is 0 Å². The van der Waals surface area contributed by atoms with Crippen molar-refractivity contribution in [2.24, 2.45) is 0 Å². The molecule has 1 atom stereocenters. The second-order valence-corrected chi connectivity index (χ2v) is 4.11. The number of ether oxygens (including phenoxy) is 1. The Morgan fingerprint density at radius 1 is 1.53 bits per heavy atom. The second-order valence-electron chi connectivity index (χ2n) is 3.70. The summed E-state index contributed by atoms with van der Waals surface area (Å²) in [7, 11) is 1.56. The van der Waals surface area contributed by atoms with Crippen LogP contribution in [0.5, 0.6) is 5.75 Å². The van der Waals surface area contributed by atoms with Crippen LogP contribution in [0.2, 0.25) is 5.02 Å². The minimum atomic E-state index is -0.303. The van der Waals surface area contributed by atoms with Crippen LogP contribution >= 0.6 is 11.6 Å². The van der Waals surface area contributed by atoms with Crippen molar-refractivity contribution in [3.8, 4) is 5.75 Å². The Morgan fingerprint density at radius 2 is 2.33 bits per heavy atom. The zero-order valence-electron chi connectivity index (χ0n) is 8.52. The molecule has 1 unspecified atom stereocenters. The van der Waals surface area contributed by atoms with Crippen molar-refractivity contribution in [1.82, 2.24) is 5.32 Å². The highest BCUT2D eigenvalue weighted by Crippen LogP contribution is 2.36. The molecule has 1 aliphatic heterocycles. The highest BCUT2D eigenvalue weighted by Gasteiger charge is 2.22. The van der Waals surface area contributed by atoms with Crippen molar-refractivity contribution < 1.29 is 9.13 Å². The van der Waals surface area contributed by atoms with E-state index in [1.54, 1.807) is 7.11 Å². The first-order valence-electron chi connectivity index (χ1n) is 4.96. The molecule has 1 saturated heterocycles. The number of hydrogen-bond acceptors (Lipinski definition) is 2. The lowest BCUT2D eigenvalue weighted by Crippen LogP contribution is -2.09. The third-order valence-corrected chi connectivity index (χ3v) is 3.02. The van der Waals surface area contributed by atoms with Crippen LogP contribution in [0.3, 0.4) is 0 Å². The molecule has 2 nitrogen and oxygen atoms in total. The predicted molar refractivity (Wildman–Crippen MR) is 58.2 cm³/mol. The smallest absolute Gasteiger partial charge is 0.141 e. The zero-order valence-corrected chi connectivity index (χ0v) is 9.27. The Kier molecular flexibility index (Phi) is 3.12. The van der Waals surface area contributed by atoms with Gasteiger partial charge in [0.15, 0.2) is 0 Å². The maximum Gasteiger partial charge on any atom is 0.141 e. The Morgan fingerprint density at radius 3 is 2.93 bits per heavy atom. The van der Waals surface area contributed by atoms with Crippen molar-refractivity contribution in [2.45, 2.75) is 12.3 Å². The highest BCUT2D eigenvalue weighted by molar-refractivity contribution is 6.32. The molecule has 0 saturated carbocycles. The molecule has 0 bridgehead atoms. The van der Waals surface area contributed by atoms with Gasteiger partial charge < -0.3 is 10.1 Å². The quantitative estimate of drug-likeness (QED) is 0.842. The summed E-state index contributed by atoms with van der Waals surface area (Å²) in [4.78, 5) is 0. The number of nitrogens with one attached hydrogen (secondary N) is 1. The Labute approximate surface area is 93.4 Å². The van der Waals surface area contributed by atoms with Gasteiger partial charge in [-0.15, -0.1) is 0 Å². The van der Waals surface area contributed by atoms with E-state index in [2.05, 4.69) is 5.32 Å². The summed E-state index contributed by atoms with van der Waals surface area (Å²) in [6.45, 7) is 1.82. The van der Waals surface area contributed by atoms with Gasteiger partial charge in [0.05, 0.1) is 12.1 Å². The lowest BCUT2D eigenvalue weighted by Gasteiger charge is -2.15. The summed E-state index contributed by atoms with van der Waals surface area (Å²) in [5.74, 6) is 0.600. The van der Waals surface area contributed by atoms with Gasteiger partial charge in [-0.3, -0.25) is 0 Å². The lowest BCUT2D eigenvalue weighted by atomic mass is 9.97. The molecule has 0 spiro atoms. The number of methoxy groups -OCH3 is 1. The summed E-state index contributed by atoms with van der Waals surface area (Å²) in [6.07, 6.45) is 0.996. The van der Waals surface area contributed by atoms with E-state index in [0.29, 0.717) is 16.7 Å². The van der Waals surface area contributed by atoms with Crippen LogP contribution in [-0.2, 0) is 0 Å². The largest absolute Gasteiger partial charge is 0.495 e. The van der Waals surface area contributed by atoms with Crippen molar-refractivity contribution >= 4 is 11.6 Å². The number of hydrogen-bond donors (Lipinski definition) is 1. The SMILES string of the molecule is COc1c(Cl)cc(F)cc1C1CCNC1. The van der Waals surface area contributed by atoms with Gasteiger partial charge in [-0.25, -0.2) is 4.39 Å². The summed E-state index contributed by atoms with van der Waals surface area (Å²) in [6, 6.07) is 2.80. The van der Waals surface area contributed by atoms with Gasteiger partial charge in [-0.05, 0) is 25.1 Å². The summed E-state index contributed by atoms with van der Waals surface area (Å²) < 4.78 is 18.5. The standard InChI is InChI=1S/C11H13ClFNO/c1-15-11-9(7-2-3-14-6-7)4-8(13)5-10(11)12/h4-5,7,14H,2-3,6H2,1H3. The lowest BCUT2D eigenvalue weighted by molar-refractivity contribution is 0.405. The molecule has 1 fully saturated rings. The van der Waals surface area contributed by atoms with Gasteiger partial charge in [-0.1, -0.05) is 11.6 Å². The average molecular weight is 230 g/mol. The van der Waals surface area contributed by atoms with E-state index in [0.717, 1.165) is 25.1 Å². The summed E-state index contributed by atoms with van der Waals surface area (Å²) in [5.41, 5.74) is 0.868. The molecule has 15 heavy (non-hydrogen) atoms. The molecule has 1 aromatic carbocycles. The number of benzene rings is 1. The van der Waals surface area contributed by atoms with Crippen molar-refractivity contribution in [3.05, 3.63) is 28.5 Å². The van der Waals surface area contributed by atoms with E-state index in [-0.39, 0.29) is 5.82 Å². The fourth-order valence-corrected chi connectivity index (χ4v) is 2.31. The fourth-order valence-electron chi connectivity index (χ4n) is 2.02. The first kappa shape index (κ1) is 10.7. The molecule has 1 aromatic rings. The molecule has 1 aliphatic rings. The van der Waals surface area contributed by atoms with Gasteiger partial charge in [0, 0.05) is 18.0 Å². The van der Waals surface area contributed by atoms with Gasteiger partial charge in [-0.2, -0.15) is 0 Å². The second kappa shape index (κ2) is 4.37. The van der Waals surface area contributed by atoms with E-state index in [4.69, 9.17) is 16.3 Å². The minimum Gasteiger partial charge on any atom is -0.495 e. The van der Waals surface area contributed by atoms with Crippen LogP contribution in [0.1, 0.15) is 17.9 Å². The minimum absolute atomic E-state index is 0.299. The van der Waals surface area contributed by atoms with E-state index in [9.17, 15) is 4.39 Å². The predicted octanol–water partition coefficient (Wildman–Crippen LogP) is 2.56. The maximum absolute atomic E-state index is 13.2. The van der Waals surface area contributed by atoms with Crippen LogP contribution in [0.15, 0.2) is 12.1 Å². The Bertz CT molecular complexity index is 364. The monoisotopic (exact) mass is 229 g/mol. The molecule has 1 heterocycles. The van der Waals surface area contributed by atoms with Crippen LogP contribution < -0.4 is 10.1 Å². The Balaban J connectivity index is 2.42. The molecule has 4 heteroatoms. The van der Waals surface area contributed by atoms with Gasteiger partial charge >= 0.3 is 0 Å². The van der Waals surface area contributed by atoms with Crippen LogP contribution in [-0.4, -0.2) is 20.2 Å². The summed E-state index contributed by atoms with van der Waals surface area (Å²) >= 11 is 5.93. The van der Waals surface area contributed by atoms with Crippen LogP contribution in [0.4, 0.5) is 4.39 Å². The molecule has 1 N–H and O–H groups in total. The number of halogens is 2. The molecule has 0 amide bonds. The first-order valence-corrected chi connectivity index (χ1v) is 5.34. The molecular weight excluding hydrogens is 217 g/mol. The number of rotatable bonds is 2. The molecule has 0 aromatic heterocycles. The van der Waals surface area contributed by atoms with Crippen LogP contribution in [0, 0.1) is 5.82 Å². The van der Waals surface area contributed by atoms with Gasteiger partial charge in [0.1, 0.15) is 11.6 Å². The molecule has 2 rings (SSSR count). The maximum atomic E-state index is 13.2. The van der Waals surface area contributed by atoms with Crippen molar-refractivity contribution in [2.75, 3.05) is 20.2 Å². The van der Waals surface area contributed by atoms with E-state index < -0.39 is 0 Å². The zero-order chi connectivity index (χ0) is 10.8. The molecule has 82 valence electrons. The molecule has 0 aliphatic carbocycles. The van der Waals surface area contributed by atoms with Gasteiger partial charge in [0.2, 0.25) is 0 Å². The average Bonchev–Trinajstić information content (AvgIpc) is 2.69. The third kappa shape index (κ3) is 2.08. The first-order chi connectivity index (χ1) is 7.22. The highest BCUT2D eigenvalue weighted by atomic mass is 35.5. The van der Waals surface area contributed by atoms with E-state index in [1.165, 1.54) is 12.1 Å². The van der Waals surface area contributed by atoms with E-state index >= 15 is 0 Å². The third-order valence-electron chi connectivity index (χ3n) is 2.74. The summed E-state index contributed by atoms with van der Waals surface area (Å²) in [5, 5.41) is 3.59. The Hall–Kier alpha value is -0.800. The van der Waals surface area contributed by atoms with E-state index in [1.807, 2.05) is 0 Å². The molecular formula is C11H13ClFNO.